The second kappa shape index (κ2) is 10.00. The van der Waals surface area contributed by atoms with Gasteiger partial charge in [-0.25, -0.2) is 13.8 Å². The van der Waals surface area contributed by atoms with E-state index in [1.54, 1.807) is 0 Å². The maximum Gasteiger partial charge on any atom is 0.320 e. The average molecular weight is 494 g/mol. The largest absolute Gasteiger partial charge is 0.481 e. The van der Waals surface area contributed by atoms with E-state index in [2.05, 4.69) is 25.8 Å². The standard InChI is InChI=1S/C21H18ClF2N5O5/c22-14-7-11(3-6-15(14)23)27-21-29-28-19(34-21)17(30)26-12-8-16(24)18(25-9-12)33-13-4-1-10(2-5-13)20(31)32/h3,6-10,13H,1-2,4-5H2,(H,26,30)(H,27,29)(H,31,32)/t10-,13+. The van der Waals surface area contributed by atoms with Gasteiger partial charge in [0.15, 0.2) is 5.82 Å². The highest BCUT2D eigenvalue weighted by atomic mass is 35.5. The molecule has 4 rings (SSSR count). The number of nitrogens with one attached hydrogen (secondary N) is 2. The number of carbonyl (C=O) groups is 2. The predicted molar refractivity (Wildman–Crippen MR) is 115 cm³/mol. The normalized spacial score (nSPS) is 17.7. The van der Waals surface area contributed by atoms with E-state index < -0.39 is 35.3 Å². The number of carbonyl (C=O) groups excluding carboxylic acids is 1. The summed E-state index contributed by atoms with van der Waals surface area (Å²) in [4.78, 5) is 27.3. The summed E-state index contributed by atoms with van der Waals surface area (Å²) in [6.45, 7) is 0. The Bertz CT molecular complexity index is 1220. The minimum absolute atomic E-state index is 0.0301. The molecular formula is C21H18ClF2N5O5. The minimum Gasteiger partial charge on any atom is -0.481 e. The SMILES string of the molecule is O=C(Nc1cnc(O[C@H]2CC[C@@H](C(=O)O)CC2)c(F)c1)c1nnc(Nc2ccc(F)c(Cl)c2)o1. The molecule has 1 aliphatic carbocycles. The van der Waals surface area contributed by atoms with Crippen LogP contribution in [-0.4, -0.2) is 38.3 Å². The lowest BCUT2D eigenvalue weighted by Gasteiger charge is -2.26. The van der Waals surface area contributed by atoms with Crippen molar-refractivity contribution in [3.8, 4) is 5.88 Å². The van der Waals surface area contributed by atoms with Crippen molar-refractivity contribution < 1.29 is 32.6 Å². The fourth-order valence-corrected chi connectivity index (χ4v) is 3.59. The Morgan fingerprint density at radius 3 is 2.53 bits per heavy atom. The van der Waals surface area contributed by atoms with Crippen molar-refractivity contribution in [2.45, 2.75) is 31.8 Å². The molecule has 0 spiro atoms. The number of amides is 1. The number of aromatic nitrogens is 3. The Kier molecular flexibility index (Phi) is 6.87. The molecule has 0 saturated heterocycles. The van der Waals surface area contributed by atoms with Crippen molar-refractivity contribution in [1.82, 2.24) is 15.2 Å². The van der Waals surface area contributed by atoms with Gasteiger partial charge in [-0.2, -0.15) is 0 Å². The number of carboxylic acid groups (broad SMARTS) is 1. The molecule has 2 aromatic heterocycles. The monoisotopic (exact) mass is 493 g/mol. The van der Waals surface area contributed by atoms with Crippen molar-refractivity contribution in [2.24, 2.45) is 5.92 Å². The first kappa shape index (κ1) is 23.4. The van der Waals surface area contributed by atoms with Crippen molar-refractivity contribution in [1.29, 1.82) is 0 Å². The van der Waals surface area contributed by atoms with E-state index in [-0.39, 0.29) is 28.7 Å². The fourth-order valence-electron chi connectivity index (χ4n) is 3.41. The van der Waals surface area contributed by atoms with E-state index in [4.69, 9.17) is 25.9 Å². The van der Waals surface area contributed by atoms with Crippen LogP contribution in [0, 0.1) is 17.6 Å². The van der Waals surface area contributed by atoms with Crippen LogP contribution in [0.3, 0.4) is 0 Å². The first-order valence-corrected chi connectivity index (χ1v) is 10.6. The molecule has 1 aliphatic rings. The van der Waals surface area contributed by atoms with Crippen molar-refractivity contribution in [2.75, 3.05) is 10.6 Å². The number of hydrogen-bond acceptors (Lipinski definition) is 8. The second-order valence-electron chi connectivity index (χ2n) is 7.56. The molecule has 1 aromatic carbocycles. The molecule has 1 saturated carbocycles. The van der Waals surface area contributed by atoms with Crippen LogP contribution >= 0.6 is 11.6 Å². The number of pyridine rings is 1. The van der Waals surface area contributed by atoms with Crippen molar-refractivity contribution in [3.63, 3.8) is 0 Å². The molecule has 0 bridgehead atoms. The first-order chi connectivity index (χ1) is 16.3. The molecule has 0 unspecified atom stereocenters. The molecule has 2 heterocycles. The Morgan fingerprint density at radius 2 is 1.85 bits per heavy atom. The highest BCUT2D eigenvalue weighted by Crippen LogP contribution is 2.29. The number of rotatable bonds is 7. The topological polar surface area (TPSA) is 139 Å². The lowest BCUT2D eigenvalue weighted by molar-refractivity contribution is -0.143. The number of benzene rings is 1. The predicted octanol–water partition coefficient (Wildman–Crippen LogP) is 4.41. The zero-order valence-corrected chi connectivity index (χ0v) is 18.2. The van der Waals surface area contributed by atoms with Crippen LogP contribution < -0.4 is 15.4 Å². The molecule has 10 nitrogen and oxygen atoms in total. The quantitative estimate of drug-likeness (QED) is 0.436. The summed E-state index contributed by atoms with van der Waals surface area (Å²) < 4.78 is 38.5. The van der Waals surface area contributed by atoms with Crippen LogP contribution in [0.25, 0.3) is 0 Å². The fraction of sp³-hybridized carbons (Fsp3) is 0.286. The number of carboxylic acids is 1. The van der Waals surface area contributed by atoms with E-state index in [0.717, 1.165) is 12.1 Å². The van der Waals surface area contributed by atoms with Gasteiger partial charge in [-0.3, -0.25) is 9.59 Å². The molecule has 178 valence electrons. The molecule has 3 N–H and O–H groups in total. The highest BCUT2D eigenvalue weighted by Gasteiger charge is 2.28. The summed E-state index contributed by atoms with van der Waals surface area (Å²) in [6, 6.07) is 4.72. The number of aliphatic carboxylic acids is 1. The van der Waals surface area contributed by atoms with Crippen LogP contribution in [0.15, 0.2) is 34.9 Å². The highest BCUT2D eigenvalue weighted by molar-refractivity contribution is 6.31. The smallest absolute Gasteiger partial charge is 0.320 e. The lowest BCUT2D eigenvalue weighted by atomic mass is 9.87. The summed E-state index contributed by atoms with van der Waals surface area (Å²) in [7, 11) is 0. The third-order valence-corrected chi connectivity index (χ3v) is 5.45. The number of anilines is 3. The summed E-state index contributed by atoms with van der Waals surface area (Å²) in [6.07, 6.45) is 2.73. The van der Waals surface area contributed by atoms with Gasteiger partial charge in [0.05, 0.1) is 22.8 Å². The number of nitrogens with zero attached hydrogens (tertiary/aromatic N) is 3. The summed E-state index contributed by atoms with van der Waals surface area (Å²) in [5, 5.41) is 21.3. The minimum atomic E-state index is -0.841. The summed E-state index contributed by atoms with van der Waals surface area (Å²) in [5.41, 5.74) is 0.391. The van der Waals surface area contributed by atoms with E-state index in [1.807, 2.05) is 0 Å². The first-order valence-electron chi connectivity index (χ1n) is 10.2. The lowest BCUT2D eigenvalue weighted by Crippen LogP contribution is -2.28. The zero-order chi connectivity index (χ0) is 24.2. The molecule has 0 radical (unpaired) electrons. The van der Waals surface area contributed by atoms with Gasteiger partial charge in [0.2, 0.25) is 0 Å². The Labute approximate surface area is 196 Å². The van der Waals surface area contributed by atoms with Gasteiger partial charge in [0.1, 0.15) is 11.9 Å². The number of ether oxygens (including phenoxy) is 1. The Hall–Kier alpha value is -3.80. The number of halogens is 3. The van der Waals surface area contributed by atoms with Crippen LogP contribution in [0.4, 0.5) is 26.2 Å². The molecule has 0 aliphatic heterocycles. The molecular weight excluding hydrogens is 476 g/mol. The van der Waals surface area contributed by atoms with Crippen molar-refractivity contribution in [3.05, 3.63) is 53.0 Å². The molecule has 1 fully saturated rings. The molecule has 34 heavy (non-hydrogen) atoms. The van der Waals surface area contributed by atoms with Crippen LogP contribution in [-0.2, 0) is 4.79 Å². The zero-order valence-electron chi connectivity index (χ0n) is 17.4. The third-order valence-electron chi connectivity index (χ3n) is 5.16. The van der Waals surface area contributed by atoms with Crippen LogP contribution in [0.2, 0.25) is 5.02 Å². The van der Waals surface area contributed by atoms with Crippen molar-refractivity contribution >= 4 is 40.9 Å². The second-order valence-corrected chi connectivity index (χ2v) is 7.97. The van der Waals surface area contributed by atoms with E-state index in [0.29, 0.717) is 31.4 Å². The third kappa shape index (κ3) is 5.57. The maximum absolute atomic E-state index is 14.4. The number of hydrogen-bond donors (Lipinski definition) is 3. The van der Waals surface area contributed by atoms with E-state index in [1.165, 1.54) is 18.3 Å². The maximum atomic E-state index is 14.4. The van der Waals surface area contributed by atoms with Crippen LogP contribution in [0.1, 0.15) is 36.4 Å². The van der Waals surface area contributed by atoms with Gasteiger partial charge in [0, 0.05) is 11.8 Å². The van der Waals surface area contributed by atoms with Gasteiger partial charge in [-0.1, -0.05) is 16.7 Å². The molecule has 13 heteroatoms. The Morgan fingerprint density at radius 1 is 1.09 bits per heavy atom. The summed E-state index contributed by atoms with van der Waals surface area (Å²) in [5.74, 6) is -4.10. The molecule has 3 aromatic rings. The van der Waals surface area contributed by atoms with Gasteiger partial charge in [-0.05, 0) is 43.9 Å². The summed E-state index contributed by atoms with van der Waals surface area (Å²) >= 11 is 5.71. The molecule has 0 atom stereocenters. The van der Waals surface area contributed by atoms with Gasteiger partial charge >= 0.3 is 23.8 Å². The molecule has 1 amide bonds. The van der Waals surface area contributed by atoms with Gasteiger partial charge in [0.25, 0.3) is 5.88 Å². The van der Waals surface area contributed by atoms with Gasteiger partial charge < -0.3 is 24.9 Å². The Balaban J connectivity index is 1.34. The van der Waals surface area contributed by atoms with E-state index >= 15 is 0 Å². The average Bonchev–Trinajstić information content (AvgIpc) is 3.27. The van der Waals surface area contributed by atoms with E-state index in [9.17, 15) is 18.4 Å². The van der Waals surface area contributed by atoms with Crippen LogP contribution in [0.5, 0.6) is 5.88 Å². The van der Waals surface area contributed by atoms with Gasteiger partial charge in [-0.15, -0.1) is 5.10 Å².